The van der Waals surface area contributed by atoms with Gasteiger partial charge < -0.3 is 14.7 Å². The van der Waals surface area contributed by atoms with Crippen molar-refractivity contribution >= 4 is 11.9 Å². The average molecular weight is 211 g/mol. The van der Waals surface area contributed by atoms with Gasteiger partial charge in [0.1, 0.15) is 12.6 Å². The molecule has 0 aliphatic carbocycles. The largest absolute Gasteiger partial charge is 0.480 e. The molecule has 0 radical (unpaired) electrons. The molecule has 1 atom stereocenters. The van der Waals surface area contributed by atoms with Crippen molar-refractivity contribution in [1.29, 1.82) is 0 Å². The molecule has 0 bridgehead atoms. The lowest BCUT2D eigenvalue weighted by Crippen LogP contribution is -2.42. The zero-order valence-electron chi connectivity index (χ0n) is 8.31. The van der Waals surface area contributed by atoms with Crippen LogP contribution >= 0.6 is 0 Å². The molecule has 5 heteroatoms. The minimum Gasteiger partial charge on any atom is -0.480 e. The average Bonchev–Trinajstić information content (AvgIpc) is 2.68. The normalized spacial score (nSPS) is 19.5. The van der Waals surface area contributed by atoms with E-state index >= 15 is 0 Å². The molecule has 15 heavy (non-hydrogen) atoms. The highest BCUT2D eigenvalue weighted by molar-refractivity contribution is 5.85. The van der Waals surface area contributed by atoms with Crippen molar-refractivity contribution in [3.63, 3.8) is 0 Å². The maximum Gasteiger partial charge on any atom is 0.323 e. The number of terminal acetylenes is 1. The molecule has 1 rings (SSSR count). The van der Waals surface area contributed by atoms with Gasteiger partial charge in [0, 0.05) is 6.61 Å². The number of hydrogen-bond donors (Lipinski definition) is 1. The zero-order chi connectivity index (χ0) is 11.3. The Morgan fingerprint density at radius 3 is 2.80 bits per heavy atom. The fourth-order valence-electron chi connectivity index (χ4n) is 1.46. The molecule has 1 heterocycles. The fraction of sp³-hybridized carbons (Fsp3) is 0.600. The van der Waals surface area contributed by atoms with E-state index in [4.69, 9.17) is 16.3 Å². The molecule has 0 aromatic heterocycles. The van der Waals surface area contributed by atoms with Gasteiger partial charge in [0.25, 0.3) is 5.91 Å². The van der Waals surface area contributed by atoms with Crippen LogP contribution in [0.1, 0.15) is 12.8 Å². The van der Waals surface area contributed by atoms with Crippen molar-refractivity contribution in [1.82, 2.24) is 4.90 Å². The number of hydrogen-bond acceptors (Lipinski definition) is 3. The topological polar surface area (TPSA) is 66.8 Å². The minimum absolute atomic E-state index is 0.00495. The molecule has 1 fully saturated rings. The quantitative estimate of drug-likeness (QED) is 0.649. The third-order valence-electron chi connectivity index (χ3n) is 2.13. The van der Waals surface area contributed by atoms with E-state index in [1.165, 1.54) is 0 Å². The van der Waals surface area contributed by atoms with Gasteiger partial charge in [-0.1, -0.05) is 5.92 Å². The van der Waals surface area contributed by atoms with Crippen LogP contribution in [0.3, 0.4) is 0 Å². The molecule has 1 aliphatic heterocycles. The molecule has 0 spiro atoms. The summed E-state index contributed by atoms with van der Waals surface area (Å²) in [6.07, 6.45) is 6.01. The van der Waals surface area contributed by atoms with Crippen molar-refractivity contribution in [3.8, 4) is 12.3 Å². The molecule has 5 nitrogen and oxygen atoms in total. The minimum atomic E-state index is -1.07. The third kappa shape index (κ3) is 3.26. The summed E-state index contributed by atoms with van der Waals surface area (Å²) in [5.74, 6) is 0.865. The second kappa shape index (κ2) is 5.37. The van der Waals surface area contributed by atoms with E-state index < -0.39 is 12.1 Å². The summed E-state index contributed by atoms with van der Waals surface area (Å²) in [4.78, 5) is 23.3. The summed E-state index contributed by atoms with van der Waals surface area (Å²) in [5, 5.41) is 8.60. The Hall–Kier alpha value is -1.54. The summed E-state index contributed by atoms with van der Waals surface area (Å²) >= 11 is 0. The van der Waals surface area contributed by atoms with Crippen LogP contribution < -0.4 is 0 Å². The predicted octanol–water partition coefficient (Wildman–Crippen LogP) is -0.288. The Bertz CT molecular complexity index is 288. The molecule has 0 aromatic rings. The van der Waals surface area contributed by atoms with Gasteiger partial charge in [0.05, 0.1) is 6.54 Å². The Morgan fingerprint density at radius 2 is 2.33 bits per heavy atom. The van der Waals surface area contributed by atoms with Crippen LogP contribution in [0.2, 0.25) is 0 Å². The van der Waals surface area contributed by atoms with Crippen molar-refractivity contribution < 1.29 is 19.4 Å². The van der Waals surface area contributed by atoms with Crippen LogP contribution in [-0.2, 0) is 14.3 Å². The monoisotopic (exact) mass is 211 g/mol. The Balaban J connectivity index is 2.57. The fourth-order valence-corrected chi connectivity index (χ4v) is 1.46. The van der Waals surface area contributed by atoms with E-state index in [0.717, 1.165) is 11.3 Å². The second-order valence-corrected chi connectivity index (χ2v) is 3.29. The first-order valence-electron chi connectivity index (χ1n) is 4.71. The number of carbonyl (C=O) groups is 2. The molecule has 0 unspecified atom stereocenters. The van der Waals surface area contributed by atoms with Crippen molar-refractivity contribution in [3.05, 3.63) is 0 Å². The summed E-state index contributed by atoms with van der Waals surface area (Å²) in [7, 11) is 0. The summed E-state index contributed by atoms with van der Waals surface area (Å²) in [6.45, 7) is 0.182. The van der Waals surface area contributed by atoms with Crippen LogP contribution in [-0.4, -0.2) is 47.7 Å². The SMILES string of the molecule is C#CCN(CC(=O)O)C(=O)[C@H]1CCCO1. The van der Waals surface area contributed by atoms with Crippen LogP contribution in [0, 0.1) is 12.3 Å². The highest BCUT2D eigenvalue weighted by Crippen LogP contribution is 2.14. The van der Waals surface area contributed by atoms with Gasteiger partial charge in [-0.2, -0.15) is 0 Å². The first-order chi connectivity index (χ1) is 7.15. The molecular weight excluding hydrogens is 198 g/mol. The maximum absolute atomic E-state index is 11.7. The van der Waals surface area contributed by atoms with Crippen LogP contribution in [0.15, 0.2) is 0 Å². The Morgan fingerprint density at radius 1 is 1.60 bits per heavy atom. The molecule has 82 valence electrons. The van der Waals surface area contributed by atoms with E-state index in [9.17, 15) is 9.59 Å². The number of carboxylic acids is 1. The van der Waals surface area contributed by atoms with E-state index in [1.807, 2.05) is 0 Å². The number of carboxylic acid groups (broad SMARTS) is 1. The first kappa shape index (κ1) is 11.5. The molecule has 0 aromatic carbocycles. The third-order valence-corrected chi connectivity index (χ3v) is 2.13. The van der Waals surface area contributed by atoms with Gasteiger partial charge in [-0.25, -0.2) is 0 Å². The molecule has 1 amide bonds. The Labute approximate surface area is 88.0 Å². The lowest BCUT2D eigenvalue weighted by atomic mass is 10.2. The van der Waals surface area contributed by atoms with Gasteiger partial charge in [-0.05, 0) is 12.8 Å². The predicted molar refractivity (Wildman–Crippen MR) is 52.0 cm³/mol. The van der Waals surface area contributed by atoms with E-state index in [1.54, 1.807) is 0 Å². The number of carbonyl (C=O) groups excluding carboxylic acids is 1. The highest BCUT2D eigenvalue weighted by atomic mass is 16.5. The summed E-state index contributed by atoms with van der Waals surface area (Å²) in [6, 6.07) is 0. The Kier molecular flexibility index (Phi) is 4.13. The van der Waals surface area contributed by atoms with Gasteiger partial charge in [0.2, 0.25) is 0 Å². The highest BCUT2D eigenvalue weighted by Gasteiger charge is 2.28. The maximum atomic E-state index is 11.7. The number of ether oxygens (including phenoxy) is 1. The van der Waals surface area contributed by atoms with Crippen molar-refractivity contribution in [2.75, 3.05) is 19.7 Å². The number of amides is 1. The van der Waals surface area contributed by atoms with Crippen LogP contribution in [0.25, 0.3) is 0 Å². The molecule has 1 aliphatic rings. The van der Waals surface area contributed by atoms with Crippen LogP contribution in [0.4, 0.5) is 0 Å². The lowest BCUT2D eigenvalue weighted by Gasteiger charge is -2.21. The standard InChI is InChI=1S/C10H13NO4/c1-2-5-11(7-9(12)13)10(14)8-4-3-6-15-8/h1,8H,3-7H2,(H,12,13)/t8-/m1/s1. The lowest BCUT2D eigenvalue weighted by molar-refractivity contribution is -0.148. The van der Waals surface area contributed by atoms with Crippen molar-refractivity contribution in [2.45, 2.75) is 18.9 Å². The van der Waals surface area contributed by atoms with E-state index in [0.29, 0.717) is 13.0 Å². The van der Waals surface area contributed by atoms with Gasteiger partial charge in [0.15, 0.2) is 0 Å². The molecule has 1 saturated heterocycles. The van der Waals surface area contributed by atoms with Gasteiger partial charge in [-0.15, -0.1) is 6.42 Å². The number of rotatable bonds is 4. The number of aliphatic carboxylic acids is 1. The second-order valence-electron chi connectivity index (χ2n) is 3.29. The summed E-state index contributed by atoms with van der Waals surface area (Å²) in [5.41, 5.74) is 0. The number of nitrogens with zero attached hydrogens (tertiary/aromatic N) is 1. The molecule has 0 saturated carbocycles. The molecule has 1 N–H and O–H groups in total. The molecular formula is C10H13NO4. The van der Waals surface area contributed by atoms with Gasteiger partial charge in [-0.3, -0.25) is 9.59 Å². The zero-order valence-corrected chi connectivity index (χ0v) is 8.31. The van der Waals surface area contributed by atoms with Crippen molar-refractivity contribution in [2.24, 2.45) is 0 Å². The van der Waals surface area contributed by atoms with Crippen LogP contribution in [0.5, 0.6) is 0 Å². The van der Waals surface area contributed by atoms with E-state index in [2.05, 4.69) is 5.92 Å². The smallest absolute Gasteiger partial charge is 0.323 e. The summed E-state index contributed by atoms with van der Waals surface area (Å²) < 4.78 is 5.17. The van der Waals surface area contributed by atoms with E-state index in [-0.39, 0.29) is 19.0 Å². The van der Waals surface area contributed by atoms with Gasteiger partial charge >= 0.3 is 5.97 Å². The first-order valence-corrected chi connectivity index (χ1v) is 4.71.